The number of aromatic nitrogens is 1. The lowest BCUT2D eigenvalue weighted by Crippen LogP contribution is -2.16. The molecule has 0 spiro atoms. The van der Waals surface area contributed by atoms with Crippen molar-refractivity contribution in [2.24, 2.45) is 0 Å². The minimum Gasteiger partial charge on any atom is -0.478 e. The Kier molecular flexibility index (Phi) is 4.74. The van der Waals surface area contributed by atoms with Crippen LogP contribution in [0.25, 0.3) is 22.0 Å². The van der Waals surface area contributed by atoms with E-state index < -0.39 is 16.0 Å². The van der Waals surface area contributed by atoms with Crippen LogP contribution < -0.4 is 4.72 Å². The van der Waals surface area contributed by atoms with Gasteiger partial charge in [0.2, 0.25) is 0 Å². The summed E-state index contributed by atoms with van der Waals surface area (Å²) in [6, 6.07) is 22.0. The Morgan fingerprint density at radius 3 is 2.41 bits per heavy atom. The summed E-state index contributed by atoms with van der Waals surface area (Å²) in [6.45, 7) is 0. The monoisotopic (exact) mass is 404 g/mol. The molecule has 7 heteroatoms. The number of nitrogens with one attached hydrogen (secondary N) is 1. The maximum Gasteiger partial charge on any atom is 0.337 e. The molecule has 1 aromatic heterocycles. The third-order valence-corrected chi connectivity index (χ3v) is 5.92. The van der Waals surface area contributed by atoms with Crippen LogP contribution in [0.2, 0.25) is 0 Å². The van der Waals surface area contributed by atoms with E-state index in [-0.39, 0.29) is 16.1 Å². The zero-order valence-electron chi connectivity index (χ0n) is 15.1. The van der Waals surface area contributed by atoms with E-state index in [2.05, 4.69) is 9.71 Å². The molecule has 0 aliphatic carbocycles. The summed E-state index contributed by atoms with van der Waals surface area (Å²) < 4.78 is 28.7. The Hall–Kier alpha value is -3.71. The molecule has 4 aromatic rings. The first-order chi connectivity index (χ1) is 14.0. The van der Waals surface area contributed by atoms with Gasteiger partial charge in [-0.1, -0.05) is 42.5 Å². The van der Waals surface area contributed by atoms with Gasteiger partial charge >= 0.3 is 5.97 Å². The second kappa shape index (κ2) is 7.37. The number of nitrogens with zero attached hydrogens (tertiary/aromatic N) is 1. The lowest BCUT2D eigenvalue weighted by atomic mass is 10.0. The molecule has 144 valence electrons. The molecule has 29 heavy (non-hydrogen) atoms. The molecule has 2 N–H and O–H groups in total. The SMILES string of the molecule is O=C(O)c1ccc(-c2ccccc2)cc1NS(=O)(=O)c1cccc2ncccc12. The van der Waals surface area contributed by atoms with Gasteiger partial charge in [-0.2, -0.15) is 0 Å². The van der Waals surface area contributed by atoms with Gasteiger partial charge in [0.15, 0.2) is 0 Å². The molecule has 0 atom stereocenters. The van der Waals surface area contributed by atoms with Gasteiger partial charge in [0.05, 0.1) is 21.7 Å². The maximum absolute atomic E-state index is 13.1. The Morgan fingerprint density at radius 1 is 0.862 bits per heavy atom. The molecule has 0 saturated carbocycles. The van der Waals surface area contributed by atoms with E-state index in [1.807, 2.05) is 30.3 Å². The normalized spacial score (nSPS) is 11.3. The van der Waals surface area contributed by atoms with Crippen LogP contribution in [0.15, 0.2) is 90.0 Å². The lowest BCUT2D eigenvalue weighted by Gasteiger charge is -2.14. The first-order valence-corrected chi connectivity index (χ1v) is 10.2. The number of benzene rings is 3. The number of anilines is 1. The predicted molar refractivity (Wildman–Crippen MR) is 111 cm³/mol. The van der Waals surface area contributed by atoms with Gasteiger partial charge in [0, 0.05) is 11.6 Å². The van der Waals surface area contributed by atoms with Gasteiger partial charge in [0.1, 0.15) is 0 Å². The number of carboxylic acid groups (broad SMARTS) is 1. The van der Waals surface area contributed by atoms with Crippen LogP contribution in [0.1, 0.15) is 10.4 Å². The third kappa shape index (κ3) is 3.68. The molecule has 6 nitrogen and oxygen atoms in total. The summed E-state index contributed by atoms with van der Waals surface area (Å²) in [5, 5.41) is 9.98. The number of hydrogen-bond donors (Lipinski definition) is 2. The molecule has 0 unspecified atom stereocenters. The standard InChI is InChI=1S/C22H16N2O4S/c25-22(26)18-12-11-16(15-6-2-1-3-7-15)14-20(18)24-29(27,28)21-10-4-9-19-17(21)8-5-13-23-19/h1-14,24H,(H,25,26). The summed E-state index contributed by atoms with van der Waals surface area (Å²) in [7, 11) is -4.05. The average molecular weight is 404 g/mol. The first-order valence-electron chi connectivity index (χ1n) is 8.75. The van der Waals surface area contributed by atoms with Crippen molar-refractivity contribution in [2.45, 2.75) is 4.90 Å². The first kappa shape index (κ1) is 18.6. The predicted octanol–water partition coefficient (Wildman–Crippen LogP) is 4.40. The number of aromatic carboxylic acids is 1. The van der Waals surface area contributed by atoms with Crippen molar-refractivity contribution < 1.29 is 18.3 Å². The molecule has 0 fully saturated rings. The quantitative estimate of drug-likeness (QED) is 0.514. The summed E-state index contributed by atoms with van der Waals surface area (Å²) in [5.74, 6) is -1.22. The molecule has 0 bridgehead atoms. The largest absolute Gasteiger partial charge is 0.478 e. The van der Waals surface area contributed by atoms with Gasteiger partial charge in [-0.25, -0.2) is 13.2 Å². The maximum atomic E-state index is 13.1. The van der Waals surface area contributed by atoms with Crippen LogP contribution in [0.4, 0.5) is 5.69 Å². The Labute approximate surface area is 167 Å². The molecule has 0 radical (unpaired) electrons. The van der Waals surface area contributed by atoms with E-state index in [4.69, 9.17) is 0 Å². The topological polar surface area (TPSA) is 96.4 Å². The lowest BCUT2D eigenvalue weighted by molar-refractivity contribution is 0.0698. The van der Waals surface area contributed by atoms with Crippen molar-refractivity contribution in [3.8, 4) is 11.1 Å². The Balaban J connectivity index is 1.82. The number of rotatable bonds is 5. The molecule has 3 aromatic carbocycles. The second-order valence-electron chi connectivity index (χ2n) is 6.36. The van der Waals surface area contributed by atoms with Gasteiger partial charge in [-0.05, 0) is 47.5 Å². The van der Waals surface area contributed by atoms with Crippen LogP contribution >= 0.6 is 0 Å². The highest BCUT2D eigenvalue weighted by molar-refractivity contribution is 7.93. The molecule has 0 saturated heterocycles. The highest BCUT2D eigenvalue weighted by Gasteiger charge is 2.21. The van der Waals surface area contributed by atoms with Gasteiger partial charge in [-0.3, -0.25) is 9.71 Å². The smallest absolute Gasteiger partial charge is 0.337 e. The van der Waals surface area contributed by atoms with E-state index in [1.165, 1.54) is 18.2 Å². The van der Waals surface area contributed by atoms with Gasteiger partial charge in [0.25, 0.3) is 10.0 Å². The van der Waals surface area contributed by atoms with Crippen LogP contribution in [0, 0.1) is 0 Å². The van der Waals surface area contributed by atoms with Crippen molar-refractivity contribution in [2.75, 3.05) is 4.72 Å². The number of sulfonamides is 1. The molecule has 0 amide bonds. The number of hydrogen-bond acceptors (Lipinski definition) is 4. The summed E-state index contributed by atoms with van der Waals surface area (Å²) in [4.78, 5) is 15.9. The minimum atomic E-state index is -4.05. The van der Waals surface area contributed by atoms with Crippen molar-refractivity contribution in [3.63, 3.8) is 0 Å². The van der Waals surface area contributed by atoms with E-state index in [0.717, 1.165) is 5.56 Å². The summed E-state index contributed by atoms with van der Waals surface area (Å²) >= 11 is 0. The molecular weight excluding hydrogens is 388 g/mol. The molecule has 0 aliphatic rings. The fourth-order valence-electron chi connectivity index (χ4n) is 3.13. The number of fused-ring (bicyclic) bond motifs is 1. The van der Waals surface area contributed by atoms with Gasteiger partial charge in [-0.15, -0.1) is 0 Å². The van der Waals surface area contributed by atoms with E-state index in [1.54, 1.807) is 36.5 Å². The Morgan fingerprint density at radius 2 is 1.66 bits per heavy atom. The summed E-state index contributed by atoms with van der Waals surface area (Å²) in [5.41, 5.74) is 1.95. The van der Waals surface area contributed by atoms with Crippen LogP contribution in [0.5, 0.6) is 0 Å². The highest BCUT2D eigenvalue weighted by Crippen LogP contribution is 2.29. The third-order valence-electron chi connectivity index (χ3n) is 4.50. The molecule has 4 rings (SSSR count). The Bertz CT molecular complexity index is 1310. The summed E-state index contributed by atoms with van der Waals surface area (Å²) in [6.07, 6.45) is 1.58. The zero-order chi connectivity index (χ0) is 20.4. The average Bonchev–Trinajstić information content (AvgIpc) is 2.73. The molecular formula is C22H16N2O4S. The number of carboxylic acids is 1. The van der Waals surface area contributed by atoms with Crippen molar-refractivity contribution in [1.29, 1.82) is 0 Å². The van der Waals surface area contributed by atoms with Crippen molar-refractivity contribution in [1.82, 2.24) is 4.98 Å². The molecule has 1 heterocycles. The van der Waals surface area contributed by atoms with Crippen LogP contribution in [0.3, 0.4) is 0 Å². The van der Waals surface area contributed by atoms with Crippen molar-refractivity contribution >= 4 is 32.6 Å². The van der Waals surface area contributed by atoms with E-state index >= 15 is 0 Å². The van der Waals surface area contributed by atoms with Crippen LogP contribution in [-0.4, -0.2) is 24.5 Å². The number of pyridine rings is 1. The number of carbonyl (C=O) groups is 1. The van der Waals surface area contributed by atoms with Crippen molar-refractivity contribution in [3.05, 3.63) is 90.6 Å². The fourth-order valence-corrected chi connectivity index (χ4v) is 4.42. The second-order valence-corrected chi connectivity index (χ2v) is 8.01. The fraction of sp³-hybridized carbons (Fsp3) is 0. The minimum absolute atomic E-state index is 0.000235. The molecule has 0 aliphatic heterocycles. The van der Waals surface area contributed by atoms with E-state index in [9.17, 15) is 18.3 Å². The van der Waals surface area contributed by atoms with E-state index in [0.29, 0.717) is 16.5 Å². The van der Waals surface area contributed by atoms with Crippen LogP contribution in [-0.2, 0) is 10.0 Å². The highest BCUT2D eigenvalue weighted by atomic mass is 32.2. The zero-order valence-corrected chi connectivity index (χ0v) is 15.9. The van der Waals surface area contributed by atoms with Gasteiger partial charge < -0.3 is 5.11 Å².